The molecule has 9 heteroatoms. The molecule has 32 heavy (non-hydrogen) atoms. The zero-order valence-electron chi connectivity index (χ0n) is 18.5. The van der Waals surface area contributed by atoms with Crippen molar-refractivity contribution in [2.45, 2.75) is 26.9 Å². The number of para-hydroxylation sites is 1. The number of aromatic nitrogens is 1. The van der Waals surface area contributed by atoms with E-state index >= 15 is 0 Å². The number of hydrazine groups is 1. The summed E-state index contributed by atoms with van der Waals surface area (Å²) in [6.45, 7) is 5.50. The lowest BCUT2D eigenvalue weighted by molar-refractivity contribution is -0.128. The van der Waals surface area contributed by atoms with E-state index < -0.39 is 17.9 Å². The number of amides is 2. The fraction of sp³-hybridized carbons (Fsp3) is 0.261. The standard InChI is InChI=1S/C23H25N3O5S/c1-13-8-6-10-18(14(13)2)31-15(3)21(27)25-26-22(28)17-12-32-23(24-17)16-9-7-11-19(29-4)20(16)30-5/h6-12,15H,1-5H3,(H,25,27)(H,26,28)/t15-/m0/s1. The third kappa shape index (κ3) is 5.00. The van der Waals surface area contributed by atoms with Crippen molar-refractivity contribution < 1.29 is 23.8 Å². The Morgan fingerprint density at radius 2 is 1.72 bits per heavy atom. The molecule has 1 aromatic heterocycles. The van der Waals surface area contributed by atoms with E-state index in [4.69, 9.17) is 14.2 Å². The Morgan fingerprint density at radius 1 is 1.00 bits per heavy atom. The van der Waals surface area contributed by atoms with Crippen molar-refractivity contribution >= 4 is 23.2 Å². The van der Waals surface area contributed by atoms with Gasteiger partial charge in [0.25, 0.3) is 11.8 Å². The second kappa shape index (κ2) is 10.1. The van der Waals surface area contributed by atoms with Gasteiger partial charge in [0.15, 0.2) is 17.6 Å². The van der Waals surface area contributed by atoms with Crippen molar-refractivity contribution in [2.75, 3.05) is 14.2 Å². The summed E-state index contributed by atoms with van der Waals surface area (Å²) in [5, 5.41) is 2.19. The van der Waals surface area contributed by atoms with Crippen molar-refractivity contribution in [1.82, 2.24) is 15.8 Å². The van der Waals surface area contributed by atoms with Crippen LogP contribution in [0.2, 0.25) is 0 Å². The Morgan fingerprint density at radius 3 is 2.44 bits per heavy atom. The molecule has 2 amide bonds. The average molecular weight is 456 g/mol. The Hall–Kier alpha value is -3.59. The fourth-order valence-corrected chi connectivity index (χ4v) is 3.76. The number of nitrogens with one attached hydrogen (secondary N) is 2. The molecule has 2 N–H and O–H groups in total. The van der Waals surface area contributed by atoms with E-state index in [9.17, 15) is 9.59 Å². The zero-order chi connectivity index (χ0) is 23.3. The third-order valence-electron chi connectivity index (χ3n) is 4.90. The molecular formula is C23H25N3O5S. The first-order chi connectivity index (χ1) is 15.3. The van der Waals surface area contributed by atoms with Crippen LogP contribution < -0.4 is 25.1 Å². The molecule has 0 saturated heterocycles. The van der Waals surface area contributed by atoms with Crippen molar-refractivity contribution in [3.63, 3.8) is 0 Å². The van der Waals surface area contributed by atoms with Gasteiger partial charge in [0.2, 0.25) is 0 Å². The van der Waals surface area contributed by atoms with Crippen LogP contribution in [0.4, 0.5) is 0 Å². The van der Waals surface area contributed by atoms with Gasteiger partial charge in [0.1, 0.15) is 16.5 Å². The first kappa shape index (κ1) is 23.1. The molecule has 0 unspecified atom stereocenters. The van der Waals surface area contributed by atoms with Crippen LogP contribution in [0, 0.1) is 13.8 Å². The van der Waals surface area contributed by atoms with Gasteiger partial charge in [-0.15, -0.1) is 11.3 Å². The van der Waals surface area contributed by atoms with Gasteiger partial charge in [-0.3, -0.25) is 20.4 Å². The number of thiazole rings is 1. The van der Waals surface area contributed by atoms with Crippen LogP contribution in [0.15, 0.2) is 41.8 Å². The van der Waals surface area contributed by atoms with Gasteiger partial charge in [-0.1, -0.05) is 18.2 Å². The quantitative estimate of drug-likeness (QED) is 0.528. The van der Waals surface area contributed by atoms with Gasteiger partial charge in [-0.25, -0.2) is 4.98 Å². The minimum absolute atomic E-state index is 0.165. The minimum atomic E-state index is -0.803. The zero-order valence-corrected chi connectivity index (χ0v) is 19.3. The van der Waals surface area contributed by atoms with Crippen LogP contribution in [-0.4, -0.2) is 37.1 Å². The van der Waals surface area contributed by atoms with Gasteiger partial charge < -0.3 is 14.2 Å². The average Bonchev–Trinajstić information content (AvgIpc) is 3.29. The summed E-state index contributed by atoms with van der Waals surface area (Å²) in [5.74, 6) is 0.694. The molecule has 3 aromatic rings. The number of benzene rings is 2. The summed E-state index contributed by atoms with van der Waals surface area (Å²) in [6.07, 6.45) is -0.803. The fourth-order valence-electron chi connectivity index (χ4n) is 2.94. The number of hydrogen-bond donors (Lipinski definition) is 2. The van der Waals surface area contributed by atoms with Gasteiger partial charge >= 0.3 is 0 Å². The second-order valence-electron chi connectivity index (χ2n) is 6.98. The van der Waals surface area contributed by atoms with Gasteiger partial charge in [-0.05, 0) is 50.1 Å². The predicted octanol–water partition coefficient (Wildman–Crippen LogP) is 3.67. The predicted molar refractivity (Wildman–Crippen MR) is 122 cm³/mol. The number of aryl methyl sites for hydroxylation is 1. The molecule has 0 aliphatic carbocycles. The highest BCUT2D eigenvalue weighted by atomic mass is 32.1. The summed E-state index contributed by atoms with van der Waals surface area (Å²) < 4.78 is 16.5. The number of rotatable bonds is 7. The van der Waals surface area contributed by atoms with Crippen LogP contribution in [0.3, 0.4) is 0 Å². The van der Waals surface area contributed by atoms with E-state index in [0.717, 1.165) is 11.1 Å². The SMILES string of the molecule is COc1cccc(-c2nc(C(=O)NNC(=O)[C@H](C)Oc3cccc(C)c3C)cs2)c1OC. The maximum atomic E-state index is 12.5. The van der Waals surface area contributed by atoms with E-state index in [1.807, 2.05) is 38.1 Å². The summed E-state index contributed by atoms with van der Waals surface area (Å²) in [5.41, 5.74) is 7.65. The van der Waals surface area contributed by atoms with Crippen LogP contribution in [-0.2, 0) is 4.79 Å². The summed E-state index contributed by atoms with van der Waals surface area (Å²) in [7, 11) is 3.09. The Balaban J connectivity index is 1.63. The molecule has 0 radical (unpaired) electrons. The van der Waals surface area contributed by atoms with E-state index in [0.29, 0.717) is 27.8 Å². The smallest absolute Gasteiger partial charge is 0.289 e. The van der Waals surface area contributed by atoms with Crippen LogP contribution >= 0.6 is 11.3 Å². The topological polar surface area (TPSA) is 98.8 Å². The van der Waals surface area contributed by atoms with E-state index in [1.165, 1.54) is 11.3 Å². The Kier molecular flexibility index (Phi) is 7.32. The Labute approximate surface area is 190 Å². The molecule has 8 nitrogen and oxygen atoms in total. The number of methoxy groups -OCH3 is 2. The first-order valence-corrected chi connectivity index (χ1v) is 10.7. The maximum Gasteiger partial charge on any atom is 0.289 e. The molecule has 0 aliphatic heterocycles. The normalized spacial score (nSPS) is 11.4. The molecule has 3 rings (SSSR count). The monoisotopic (exact) mass is 455 g/mol. The lowest BCUT2D eigenvalue weighted by atomic mass is 10.1. The largest absolute Gasteiger partial charge is 0.493 e. The molecule has 1 atom stereocenters. The minimum Gasteiger partial charge on any atom is -0.493 e. The molecule has 0 saturated carbocycles. The van der Waals surface area contributed by atoms with Crippen LogP contribution in [0.5, 0.6) is 17.2 Å². The van der Waals surface area contributed by atoms with Gasteiger partial charge in [0.05, 0.1) is 19.8 Å². The molecule has 2 aromatic carbocycles. The highest BCUT2D eigenvalue weighted by Gasteiger charge is 2.20. The molecular weight excluding hydrogens is 430 g/mol. The second-order valence-corrected chi connectivity index (χ2v) is 7.84. The molecule has 0 fully saturated rings. The Bertz CT molecular complexity index is 1130. The van der Waals surface area contributed by atoms with Gasteiger partial charge in [0, 0.05) is 5.38 Å². The summed E-state index contributed by atoms with van der Waals surface area (Å²) in [6, 6.07) is 11.1. The summed E-state index contributed by atoms with van der Waals surface area (Å²) >= 11 is 1.28. The highest BCUT2D eigenvalue weighted by Crippen LogP contribution is 2.38. The van der Waals surface area contributed by atoms with Crippen molar-refractivity contribution in [2.24, 2.45) is 0 Å². The molecule has 0 bridgehead atoms. The number of nitrogens with zero attached hydrogens (tertiary/aromatic N) is 1. The molecule has 1 heterocycles. The van der Waals surface area contributed by atoms with Crippen LogP contribution in [0.25, 0.3) is 10.6 Å². The van der Waals surface area contributed by atoms with E-state index in [1.54, 1.807) is 38.7 Å². The van der Waals surface area contributed by atoms with E-state index in [2.05, 4.69) is 15.8 Å². The third-order valence-corrected chi connectivity index (χ3v) is 5.77. The number of ether oxygens (including phenoxy) is 3. The summed E-state index contributed by atoms with van der Waals surface area (Å²) in [4.78, 5) is 29.2. The maximum absolute atomic E-state index is 12.5. The highest BCUT2D eigenvalue weighted by molar-refractivity contribution is 7.13. The lowest BCUT2D eigenvalue weighted by Gasteiger charge is -2.17. The number of carbonyl (C=O) groups excluding carboxylic acids is 2. The molecule has 168 valence electrons. The number of hydrogen-bond acceptors (Lipinski definition) is 7. The number of carbonyl (C=O) groups is 2. The lowest BCUT2D eigenvalue weighted by Crippen LogP contribution is -2.47. The molecule has 0 spiro atoms. The molecule has 0 aliphatic rings. The van der Waals surface area contributed by atoms with E-state index in [-0.39, 0.29) is 5.69 Å². The first-order valence-electron chi connectivity index (χ1n) is 9.85. The van der Waals surface area contributed by atoms with Crippen molar-refractivity contribution in [3.8, 4) is 27.8 Å². The van der Waals surface area contributed by atoms with Crippen molar-refractivity contribution in [3.05, 3.63) is 58.6 Å². The van der Waals surface area contributed by atoms with Crippen molar-refractivity contribution in [1.29, 1.82) is 0 Å². The van der Waals surface area contributed by atoms with Gasteiger partial charge in [-0.2, -0.15) is 0 Å². The van der Waals surface area contributed by atoms with Crippen LogP contribution in [0.1, 0.15) is 28.5 Å².